The summed E-state index contributed by atoms with van der Waals surface area (Å²) in [6.07, 6.45) is 1.00. The molecule has 1 aromatic heterocycles. The van der Waals surface area contributed by atoms with Crippen LogP contribution in [0.2, 0.25) is 0 Å². The zero-order valence-electron chi connectivity index (χ0n) is 13.2. The topological polar surface area (TPSA) is 47.1 Å². The lowest BCUT2D eigenvalue weighted by Crippen LogP contribution is -2.38. The molecule has 0 aromatic carbocycles. The third kappa shape index (κ3) is 4.62. The summed E-state index contributed by atoms with van der Waals surface area (Å²) in [7, 11) is 0. The molecule has 0 atom stereocenters. The lowest BCUT2D eigenvalue weighted by Gasteiger charge is -2.31. The first-order valence-corrected chi connectivity index (χ1v) is 7.43. The van der Waals surface area contributed by atoms with Gasteiger partial charge < -0.3 is 5.73 Å². The molecule has 1 heterocycles. The summed E-state index contributed by atoms with van der Waals surface area (Å²) in [6, 6.07) is 2.24. The fourth-order valence-corrected chi connectivity index (χ4v) is 2.27. The smallest absolute Gasteiger partial charge is 0.0625 e. The van der Waals surface area contributed by atoms with E-state index in [1.165, 1.54) is 11.4 Å². The number of nitrogens with two attached hydrogens (primary N) is 1. The van der Waals surface area contributed by atoms with Gasteiger partial charge in [-0.15, -0.1) is 0 Å². The third-order valence-corrected chi connectivity index (χ3v) is 3.61. The standard InChI is InChI=1S/C15H30N4/c1-6-13-9-14(19(8-3)17-13)10-18(7-2)12-15(4,5)11-16/h9H,6-8,10-12,16H2,1-5H3. The van der Waals surface area contributed by atoms with Crippen molar-refractivity contribution in [1.29, 1.82) is 0 Å². The summed E-state index contributed by atoms with van der Waals surface area (Å²) in [4.78, 5) is 2.45. The van der Waals surface area contributed by atoms with Crippen LogP contribution in [0.1, 0.15) is 46.0 Å². The van der Waals surface area contributed by atoms with Gasteiger partial charge in [-0.1, -0.05) is 27.7 Å². The summed E-state index contributed by atoms with van der Waals surface area (Å²) in [5, 5.41) is 4.62. The normalized spacial score (nSPS) is 12.4. The van der Waals surface area contributed by atoms with Crippen LogP contribution in [0.5, 0.6) is 0 Å². The lowest BCUT2D eigenvalue weighted by molar-refractivity contribution is 0.179. The minimum Gasteiger partial charge on any atom is -0.330 e. The van der Waals surface area contributed by atoms with Crippen molar-refractivity contribution in [2.45, 2.75) is 54.1 Å². The maximum Gasteiger partial charge on any atom is 0.0625 e. The zero-order valence-corrected chi connectivity index (χ0v) is 13.2. The number of nitrogens with zero attached hydrogens (tertiary/aromatic N) is 3. The Hall–Kier alpha value is -0.870. The minimum absolute atomic E-state index is 0.167. The van der Waals surface area contributed by atoms with Crippen LogP contribution in [-0.2, 0) is 19.5 Å². The van der Waals surface area contributed by atoms with Gasteiger partial charge in [0.15, 0.2) is 0 Å². The average molecular weight is 266 g/mol. The van der Waals surface area contributed by atoms with E-state index in [1.54, 1.807) is 0 Å². The molecule has 2 N–H and O–H groups in total. The number of aromatic nitrogens is 2. The SMILES string of the molecule is CCc1cc(CN(CC)CC(C)(C)CN)n(CC)n1. The van der Waals surface area contributed by atoms with Crippen LogP contribution in [0, 0.1) is 5.41 Å². The van der Waals surface area contributed by atoms with Crippen molar-refractivity contribution in [2.75, 3.05) is 19.6 Å². The highest BCUT2D eigenvalue weighted by Gasteiger charge is 2.20. The maximum atomic E-state index is 5.84. The monoisotopic (exact) mass is 266 g/mol. The molecule has 0 aliphatic heterocycles. The van der Waals surface area contributed by atoms with Crippen molar-refractivity contribution in [2.24, 2.45) is 11.1 Å². The Bertz CT molecular complexity index is 381. The van der Waals surface area contributed by atoms with E-state index in [-0.39, 0.29) is 5.41 Å². The van der Waals surface area contributed by atoms with Crippen molar-refractivity contribution in [3.63, 3.8) is 0 Å². The quantitative estimate of drug-likeness (QED) is 0.785. The van der Waals surface area contributed by atoms with Gasteiger partial charge in [-0.05, 0) is 37.9 Å². The van der Waals surface area contributed by atoms with Crippen molar-refractivity contribution < 1.29 is 0 Å². The van der Waals surface area contributed by atoms with E-state index in [0.29, 0.717) is 0 Å². The van der Waals surface area contributed by atoms with Crippen LogP contribution in [0.15, 0.2) is 6.07 Å². The molecule has 0 spiro atoms. The second-order valence-corrected chi connectivity index (χ2v) is 5.97. The number of aryl methyl sites for hydroxylation is 2. The van der Waals surface area contributed by atoms with Gasteiger partial charge in [-0.2, -0.15) is 5.10 Å². The van der Waals surface area contributed by atoms with Gasteiger partial charge in [0, 0.05) is 19.6 Å². The maximum absolute atomic E-state index is 5.84. The second kappa shape index (κ2) is 7.06. The van der Waals surface area contributed by atoms with E-state index in [0.717, 1.165) is 39.1 Å². The first-order chi connectivity index (χ1) is 8.95. The van der Waals surface area contributed by atoms with Gasteiger partial charge in [0.25, 0.3) is 0 Å². The fraction of sp³-hybridized carbons (Fsp3) is 0.800. The van der Waals surface area contributed by atoms with Gasteiger partial charge in [-0.25, -0.2) is 0 Å². The highest BCUT2D eigenvalue weighted by atomic mass is 15.3. The first-order valence-electron chi connectivity index (χ1n) is 7.43. The highest BCUT2D eigenvalue weighted by Crippen LogP contribution is 2.17. The largest absolute Gasteiger partial charge is 0.330 e. The molecule has 4 nitrogen and oxygen atoms in total. The van der Waals surface area contributed by atoms with E-state index in [1.807, 2.05) is 0 Å². The Morgan fingerprint density at radius 2 is 2.00 bits per heavy atom. The summed E-state index contributed by atoms with van der Waals surface area (Å²) in [6.45, 7) is 15.6. The molecule has 0 fully saturated rings. The Morgan fingerprint density at radius 3 is 2.47 bits per heavy atom. The minimum atomic E-state index is 0.167. The second-order valence-electron chi connectivity index (χ2n) is 5.97. The number of hydrogen-bond donors (Lipinski definition) is 1. The van der Waals surface area contributed by atoms with Gasteiger partial charge >= 0.3 is 0 Å². The summed E-state index contributed by atoms with van der Waals surface area (Å²) < 4.78 is 2.12. The van der Waals surface area contributed by atoms with Crippen LogP contribution in [0.25, 0.3) is 0 Å². The average Bonchev–Trinajstić information content (AvgIpc) is 2.80. The Morgan fingerprint density at radius 1 is 1.32 bits per heavy atom. The molecule has 0 unspecified atom stereocenters. The van der Waals surface area contributed by atoms with Crippen LogP contribution < -0.4 is 5.73 Å². The van der Waals surface area contributed by atoms with Crippen molar-refractivity contribution >= 4 is 0 Å². The molecule has 0 radical (unpaired) electrons. The van der Waals surface area contributed by atoms with E-state index in [9.17, 15) is 0 Å². The highest BCUT2D eigenvalue weighted by molar-refractivity contribution is 5.10. The summed E-state index contributed by atoms with van der Waals surface area (Å²) in [5.41, 5.74) is 8.51. The molecule has 0 aliphatic carbocycles. The molecule has 0 saturated carbocycles. The molecule has 0 aliphatic rings. The molecule has 4 heteroatoms. The van der Waals surface area contributed by atoms with Crippen LogP contribution in [-0.4, -0.2) is 34.3 Å². The van der Waals surface area contributed by atoms with Crippen LogP contribution in [0.4, 0.5) is 0 Å². The van der Waals surface area contributed by atoms with Crippen molar-refractivity contribution in [3.05, 3.63) is 17.5 Å². The number of hydrogen-bond acceptors (Lipinski definition) is 3. The fourth-order valence-electron chi connectivity index (χ4n) is 2.27. The van der Waals surface area contributed by atoms with Gasteiger partial charge in [0.1, 0.15) is 0 Å². The Labute approximate surface area is 118 Å². The molecule has 0 saturated heterocycles. The Balaban J connectivity index is 2.77. The van der Waals surface area contributed by atoms with Crippen LogP contribution in [0.3, 0.4) is 0 Å². The van der Waals surface area contributed by atoms with E-state index >= 15 is 0 Å². The predicted octanol–water partition coefficient (Wildman–Crippen LogP) is 2.27. The summed E-state index contributed by atoms with van der Waals surface area (Å²) in [5.74, 6) is 0. The Kier molecular flexibility index (Phi) is 6.01. The lowest BCUT2D eigenvalue weighted by atomic mass is 9.93. The zero-order chi connectivity index (χ0) is 14.5. The van der Waals surface area contributed by atoms with Gasteiger partial charge in [-0.3, -0.25) is 9.58 Å². The van der Waals surface area contributed by atoms with Crippen LogP contribution >= 0.6 is 0 Å². The summed E-state index contributed by atoms with van der Waals surface area (Å²) >= 11 is 0. The van der Waals surface area contributed by atoms with Crippen molar-refractivity contribution in [1.82, 2.24) is 14.7 Å². The van der Waals surface area contributed by atoms with E-state index in [2.05, 4.69) is 55.4 Å². The van der Waals surface area contributed by atoms with E-state index < -0.39 is 0 Å². The van der Waals surface area contributed by atoms with E-state index in [4.69, 9.17) is 5.73 Å². The van der Waals surface area contributed by atoms with Gasteiger partial charge in [0.2, 0.25) is 0 Å². The molecule has 110 valence electrons. The molecular formula is C15H30N4. The molecule has 1 rings (SSSR count). The molecular weight excluding hydrogens is 236 g/mol. The first kappa shape index (κ1) is 16.2. The molecule has 0 amide bonds. The molecule has 1 aromatic rings. The molecule has 0 bridgehead atoms. The molecule has 19 heavy (non-hydrogen) atoms. The van der Waals surface area contributed by atoms with Gasteiger partial charge in [0.05, 0.1) is 11.4 Å². The van der Waals surface area contributed by atoms with Crippen molar-refractivity contribution in [3.8, 4) is 0 Å². The number of rotatable bonds is 8. The third-order valence-electron chi connectivity index (χ3n) is 3.61. The predicted molar refractivity (Wildman–Crippen MR) is 81.1 cm³/mol.